The van der Waals surface area contributed by atoms with Gasteiger partial charge in [0.15, 0.2) is 0 Å². The molecule has 1 rings (SSSR count). The fourth-order valence-corrected chi connectivity index (χ4v) is 1.36. The highest BCUT2D eigenvalue weighted by Crippen LogP contribution is 2.14. The van der Waals surface area contributed by atoms with Crippen molar-refractivity contribution < 1.29 is 18.3 Å². The van der Waals surface area contributed by atoms with Crippen molar-refractivity contribution >= 4 is 5.91 Å². The molecule has 0 fully saturated rings. The van der Waals surface area contributed by atoms with E-state index in [1.165, 1.54) is 24.3 Å². The molecule has 3 nitrogen and oxygen atoms in total. The van der Waals surface area contributed by atoms with Crippen LogP contribution in [0.25, 0.3) is 0 Å². The van der Waals surface area contributed by atoms with E-state index < -0.39 is 6.61 Å². The van der Waals surface area contributed by atoms with Gasteiger partial charge in [-0.05, 0) is 36.6 Å². The summed E-state index contributed by atoms with van der Waals surface area (Å²) in [5, 5.41) is 2.76. The molecule has 0 radical (unpaired) electrons. The summed E-state index contributed by atoms with van der Waals surface area (Å²) in [6.07, 6.45) is 0.901. The average molecular weight is 257 g/mol. The minimum Gasteiger partial charge on any atom is -0.435 e. The van der Waals surface area contributed by atoms with Crippen molar-refractivity contribution in [3.8, 4) is 5.75 Å². The molecule has 18 heavy (non-hydrogen) atoms. The van der Waals surface area contributed by atoms with Crippen LogP contribution in [0.5, 0.6) is 5.75 Å². The van der Waals surface area contributed by atoms with Crippen LogP contribution in [-0.4, -0.2) is 19.1 Å². The van der Waals surface area contributed by atoms with Crippen molar-refractivity contribution in [2.75, 3.05) is 6.54 Å². The molecule has 0 aliphatic heterocycles. The highest BCUT2D eigenvalue weighted by Gasteiger charge is 2.07. The Morgan fingerprint density at radius 1 is 1.28 bits per heavy atom. The summed E-state index contributed by atoms with van der Waals surface area (Å²) in [5.74, 6) is 0.357. The van der Waals surface area contributed by atoms with Crippen LogP contribution in [0.15, 0.2) is 24.3 Å². The minimum absolute atomic E-state index is 0.0451. The summed E-state index contributed by atoms with van der Waals surface area (Å²) in [7, 11) is 0. The van der Waals surface area contributed by atoms with Gasteiger partial charge in [0.05, 0.1) is 0 Å². The zero-order valence-corrected chi connectivity index (χ0v) is 10.5. The van der Waals surface area contributed by atoms with Crippen LogP contribution < -0.4 is 10.1 Å². The summed E-state index contributed by atoms with van der Waals surface area (Å²) in [6, 6.07) is 5.62. The second-order valence-corrected chi connectivity index (χ2v) is 4.34. The summed E-state index contributed by atoms with van der Waals surface area (Å²) < 4.78 is 28.0. The molecule has 0 heterocycles. The molecule has 0 unspecified atom stereocenters. The monoisotopic (exact) mass is 257 g/mol. The number of carbonyl (C=O) groups excluding carboxylic acids is 1. The first-order valence-electron chi connectivity index (χ1n) is 5.82. The normalized spacial score (nSPS) is 10.8. The molecular weight excluding hydrogens is 240 g/mol. The first kappa shape index (κ1) is 14.4. The van der Waals surface area contributed by atoms with Gasteiger partial charge < -0.3 is 10.1 Å². The van der Waals surface area contributed by atoms with Crippen LogP contribution >= 0.6 is 0 Å². The minimum atomic E-state index is -2.85. The molecule has 0 aliphatic rings. The van der Waals surface area contributed by atoms with Crippen molar-refractivity contribution in [3.63, 3.8) is 0 Å². The predicted octanol–water partition coefficient (Wildman–Crippen LogP) is 3.06. The molecule has 0 saturated heterocycles. The maximum Gasteiger partial charge on any atom is 0.387 e. The van der Waals surface area contributed by atoms with Crippen molar-refractivity contribution in [1.82, 2.24) is 5.32 Å². The van der Waals surface area contributed by atoms with E-state index in [9.17, 15) is 13.6 Å². The lowest BCUT2D eigenvalue weighted by molar-refractivity contribution is -0.0498. The van der Waals surface area contributed by atoms with Crippen LogP contribution in [0.2, 0.25) is 0 Å². The summed E-state index contributed by atoms with van der Waals surface area (Å²) in [4.78, 5) is 11.7. The Balaban J connectivity index is 2.48. The van der Waals surface area contributed by atoms with Gasteiger partial charge in [0, 0.05) is 12.1 Å². The van der Waals surface area contributed by atoms with E-state index >= 15 is 0 Å². The van der Waals surface area contributed by atoms with Gasteiger partial charge >= 0.3 is 6.61 Å². The highest BCUT2D eigenvalue weighted by molar-refractivity contribution is 5.94. The van der Waals surface area contributed by atoms with E-state index in [2.05, 4.69) is 23.9 Å². The zero-order chi connectivity index (χ0) is 13.5. The third kappa shape index (κ3) is 5.12. The fraction of sp³-hybridized carbons (Fsp3) is 0.462. The SMILES string of the molecule is CC(C)CCNC(=O)c1ccc(OC(F)F)cc1. The summed E-state index contributed by atoms with van der Waals surface area (Å²) in [5.41, 5.74) is 0.431. The predicted molar refractivity (Wildman–Crippen MR) is 64.9 cm³/mol. The zero-order valence-electron chi connectivity index (χ0n) is 10.5. The summed E-state index contributed by atoms with van der Waals surface area (Å²) in [6.45, 7) is 1.90. The molecule has 1 aromatic carbocycles. The Kier molecular flexibility index (Phi) is 5.55. The van der Waals surface area contributed by atoms with E-state index in [1.807, 2.05) is 0 Å². The van der Waals surface area contributed by atoms with E-state index in [4.69, 9.17) is 0 Å². The van der Waals surface area contributed by atoms with Crippen molar-refractivity contribution in [2.24, 2.45) is 5.92 Å². The number of hydrogen-bond donors (Lipinski definition) is 1. The highest BCUT2D eigenvalue weighted by atomic mass is 19.3. The molecule has 5 heteroatoms. The van der Waals surface area contributed by atoms with Crippen LogP contribution in [-0.2, 0) is 0 Å². The lowest BCUT2D eigenvalue weighted by Gasteiger charge is -2.08. The van der Waals surface area contributed by atoms with Gasteiger partial charge in [-0.3, -0.25) is 4.79 Å². The maximum absolute atomic E-state index is 11.9. The number of hydrogen-bond acceptors (Lipinski definition) is 2. The van der Waals surface area contributed by atoms with Crippen molar-refractivity contribution in [3.05, 3.63) is 29.8 Å². The summed E-state index contributed by atoms with van der Waals surface area (Å²) >= 11 is 0. The van der Waals surface area contributed by atoms with E-state index in [1.54, 1.807) is 0 Å². The van der Waals surface area contributed by atoms with Gasteiger partial charge in [-0.1, -0.05) is 13.8 Å². The van der Waals surface area contributed by atoms with E-state index in [0.717, 1.165) is 6.42 Å². The van der Waals surface area contributed by atoms with Crippen LogP contribution in [0.3, 0.4) is 0 Å². The fourth-order valence-electron chi connectivity index (χ4n) is 1.36. The number of halogens is 2. The molecule has 0 bridgehead atoms. The van der Waals surface area contributed by atoms with Gasteiger partial charge in [0.25, 0.3) is 5.91 Å². The number of nitrogens with one attached hydrogen (secondary N) is 1. The van der Waals surface area contributed by atoms with Crippen LogP contribution in [0, 0.1) is 5.92 Å². The third-order valence-electron chi connectivity index (χ3n) is 2.35. The van der Waals surface area contributed by atoms with Gasteiger partial charge in [0.1, 0.15) is 5.75 Å². The number of carbonyl (C=O) groups is 1. The quantitative estimate of drug-likeness (QED) is 0.850. The Labute approximate surface area is 105 Å². The Morgan fingerprint density at radius 3 is 2.39 bits per heavy atom. The molecule has 1 aromatic rings. The first-order chi connectivity index (χ1) is 8.49. The second-order valence-electron chi connectivity index (χ2n) is 4.34. The van der Waals surface area contributed by atoms with Crippen LogP contribution in [0.1, 0.15) is 30.6 Å². The Morgan fingerprint density at radius 2 is 1.89 bits per heavy atom. The third-order valence-corrected chi connectivity index (χ3v) is 2.35. The molecular formula is C13H17F2NO2. The topological polar surface area (TPSA) is 38.3 Å². The van der Waals surface area contributed by atoms with Gasteiger partial charge in [-0.15, -0.1) is 0 Å². The maximum atomic E-state index is 11.9. The standard InChI is InChI=1S/C13H17F2NO2/c1-9(2)7-8-16-12(17)10-3-5-11(6-4-10)18-13(14)15/h3-6,9,13H,7-8H2,1-2H3,(H,16,17). The largest absolute Gasteiger partial charge is 0.435 e. The molecule has 100 valence electrons. The molecule has 0 aromatic heterocycles. The molecule has 1 N–H and O–H groups in total. The van der Waals surface area contributed by atoms with E-state index in [-0.39, 0.29) is 11.7 Å². The molecule has 0 atom stereocenters. The van der Waals surface area contributed by atoms with Gasteiger partial charge in [0.2, 0.25) is 0 Å². The van der Waals surface area contributed by atoms with Crippen molar-refractivity contribution in [1.29, 1.82) is 0 Å². The number of alkyl halides is 2. The molecule has 0 aliphatic carbocycles. The first-order valence-corrected chi connectivity index (χ1v) is 5.82. The second kappa shape index (κ2) is 6.93. The number of amides is 1. The number of benzene rings is 1. The van der Waals surface area contributed by atoms with Crippen LogP contribution in [0.4, 0.5) is 8.78 Å². The Bertz CT molecular complexity index is 377. The average Bonchev–Trinajstić information content (AvgIpc) is 2.28. The van der Waals surface area contributed by atoms with Gasteiger partial charge in [-0.2, -0.15) is 8.78 Å². The number of rotatable bonds is 6. The number of ether oxygens (including phenoxy) is 1. The molecule has 0 spiro atoms. The van der Waals surface area contributed by atoms with Crippen molar-refractivity contribution in [2.45, 2.75) is 26.9 Å². The van der Waals surface area contributed by atoms with Gasteiger partial charge in [-0.25, -0.2) is 0 Å². The lowest BCUT2D eigenvalue weighted by Crippen LogP contribution is -2.25. The molecule has 1 amide bonds. The van der Waals surface area contributed by atoms with E-state index in [0.29, 0.717) is 18.0 Å². The Hall–Kier alpha value is -1.65. The molecule has 0 saturated carbocycles. The lowest BCUT2D eigenvalue weighted by atomic mass is 10.1. The smallest absolute Gasteiger partial charge is 0.387 e.